The zero-order valence-corrected chi connectivity index (χ0v) is 11.8. The highest BCUT2D eigenvalue weighted by Crippen LogP contribution is 2.11. The monoisotopic (exact) mass is 303 g/mol. The van der Waals surface area contributed by atoms with E-state index in [0.29, 0.717) is 6.42 Å². The van der Waals surface area contributed by atoms with Gasteiger partial charge in [-0.3, -0.25) is 4.79 Å². The Bertz CT molecular complexity index is 287. The SMILES string of the molecule is O=C(CCCc1cccs1)NCCCCBr. The summed E-state index contributed by atoms with van der Waals surface area (Å²) in [6, 6.07) is 4.18. The van der Waals surface area contributed by atoms with Crippen molar-refractivity contribution in [3.8, 4) is 0 Å². The van der Waals surface area contributed by atoms with Crippen molar-refractivity contribution in [2.75, 3.05) is 11.9 Å². The second-order valence-corrected chi connectivity index (χ2v) is 5.50. The molecule has 0 spiro atoms. The van der Waals surface area contributed by atoms with Gasteiger partial charge in [-0.25, -0.2) is 0 Å². The van der Waals surface area contributed by atoms with Crippen molar-refractivity contribution in [1.82, 2.24) is 5.32 Å². The summed E-state index contributed by atoms with van der Waals surface area (Å²) in [6.45, 7) is 0.809. The minimum Gasteiger partial charge on any atom is -0.356 e. The molecule has 90 valence electrons. The molecule has 0 atom stereocenters. The fourth-order valence-corrected chi connectivity index (χ4v) is 2.56. The largest absolute Gasteiger partial charge is 0.356 e. The van der Waals surface area contributed by atoms with Crippen molar-refractivity contribution in [2.45, 2.75) is 32.1 Å². The van der Waals surface area contributed by atoms with Gasteiger partial charge in [0.1, 0.15) is 0 Å². The van der Waals surface area contributed by atoms with E-state index in [2.05, 4.69) is 38.8 Å². The molecule has 0 aliphatic heterocycles. The average molecular weight is 304 g/mol. The first-order valence-corrected chi connectivity index (χ1v) is 7.68. The first kappa shape index (κ1) is 13.7. The number of unbranched alkanes of at least 4 members (excludes halogenated alkanes) is 1. The molecule has 0 aliphatic rings. The molecule has 0 radical (unpaired) electrons. The Morgan fingerprint density at radius 1 is 1.38 bits per heavy atom. The summed E-state index contributed by atoms with van der Waals surface area (Å²) in [5, 5.41) is 6.04. The van der Waals surface area contributed by atoms with Crippen LogP contribution in [-0.2, 0) is 11.2 Å². The number of rotatable bonds is 8. The van der Waals surface area contributed by atoms with Crippen molar-refractivity contribution in [1.29, 1.82) is 0 Å². The van der Waals surface area contributed by atoms with Crippen LogP contribution in [0.3, 0.4) is 0 Å². The molecular weight excluding hydrogens is 286 g/mol. The molecule has 16 heavy (non-hydrogen) atoms. The van der Waals surface area contributed by atoms with E-state index in [1.54, 1.807) is 11.3 Å². The van der Waals surface area contributed by atoms with Crippen LogP contribution in [0.5, 0.6) is 0 Å². The van der Waals surface area contributed by atoms with Gasteiger partial charge in [-0.15, -0.1) is 11.3 Å². The molecule has 2 nitrogen and oxygen atoms in total. The summed E-state index contributed by atoms with van der Waals surface area (Å²) < 4.78 is 0. The summed E-state index contributed by atoms with van der Waals surface area (Å²) in [4.78, 5) is 12.8. The van der Waals surface area contributed by atoms with Crippen molar-refractivity contribution < 1.29 is 4.79 Å². The lowest BCUT2D eigenvalue weighted by atomic mass is 10.2. The molecule has 1 N–H and O–H groups in total. The minimum atomic E-state index is 0.186. The first-order chi connectivity index (χ1) is 7.83. The molecule has 1 heterocycles. The van der Waals surface area contributed by atoms with Gasteiger partial charge in [0, 0.05) is 23.2 Å². The highest BCUT2D eigenvalue weighted by atomic mass is 79.9. The van der Waals surface area contributed by atoms with Gasteiger partial charge in [-0.2, -0.15) is 0 Å². The predicted molar refractivity (Wildman–Crippen MR) is 73.3 cm³/mol. The second-order valence-electron chi connectivity index (χ2n) is 3.68. The second kappa shape index (κ2) is 8.76. The van der Waals surface area contributed by atoms with Gasteiger partial charge in [0.25, 0.3) is 0 Å². The van der Waals surface area contributed by atoms with Gasteiger partial charge in [0.05, 0.1) is 0 Å². The number of halogens is 1. The van der Waals surface area contributed by atoms with Gasteiger partial charge in [0.15, 0.2) is 0 Å². The number of alkyl halides is 1. The number of carbonyl (C=O) groups excluding carboxylic acids is 1. The molecule has 0 fully saturated rings. The van der Waals surface area contributed by atoms with E-state index >= 15 is 0 Å². The highest BCUT2D eigenvalue weighted by Gasteiger charge is 2.01. The topological polar surface area (TPSA) is 29.1 Å². The van der Waals surface area contributed by atoms with E-state index < -0.39 is 0 Å². The molecular formula is C12H18BrNOS. The smallest absolute Gasteiger partial charge is 0.220 e. The van der Waals surface area contributed by atoms with E-state index in [-0.39, 0.29) is 5.91 Å². The quantitative estimate of drug-likeness (QED) is 0.579. The Kier molecular flexibility index (Phi) is 7.51. The highest BCUT2D eigenvalue weighted by molar-refractivity contribution is 9.09. The van der Waals surface area contributed by atoms with Crippen LogP contribution >= 0.6 is 27.3 Å². The molecule has 0 saturated carbocycles. The zero-order valence-electron chi connectivity index (χ0n) is 9.38. The van der Waals surface area contributed by atoms with Crippen LogP contribution in [0.15, 0.2) is 17.5 Å². The maximum Gasteiger partial charge on any atom is 0.220 e. The maximum atomic E-state index is 11.4. The first-order valence-electron chi connectivity index (χ1n) is 5.68. The third-order valence-corrected chi connectivity index (χ3v) is 3.79. The Hall–Kier alpha value is -0.350. The predicted octanol–water partition coefficient (Wildman–Crippen LogP) is 3.36. The Labute approximate surface area is 110 Å². The van der Waals surface area contributed by atoms with Crippen molar-refractivity contribution in [2.24, 2.45) is 0 Å². The van der Waals surface area contributed by atoms with E-state index in [4.69, 9.17) is 0 Å². The minimum absolute atomic E-state index is 0.186. The summed E-state index contributed by atoms with van der Waals surface area (Å²) in [5.74, 6) is 0.186. The van der Waals surface area contributed by atoms with Crippen LogP contribution in [0, 0.1) is 0 Å². The van der Waals surface area contributed by atoms with Crippen molar-refractivity contribution in [3.63, 3.8) is 0 Å². The number of thiophene rings is 1. The molecule has 1 aromatic heterocycles. The fourth-order valence-electron chi connectivity index (χ4n) is 1.41. The standard InChI is InChI=1S/C12H18BrNOS/c13-8-1-2-9-14-12(15)7-3-5-11-6-4-10-16-11/h4,6,10H,1-3,5,7-9H2,(H,14,15). The number of carbonyl (C=O) groups is 1. The van der Waals surface area contributed by atoms with Crippen LogP contribution in [0.4, 0.5) is 0 Å². The van der Waals surface area contributed by atoms with Crippen LogP contribution in [0.2, 0.25) is 0 Å². The van der Waals surface area contributed by atoms with Gasteiger partial charge in [-0.1, -0.05) is 22.0 Å². The fraction of sp³-hybridized carbons (Fsp3) is 0.583. The third kappa shape index (κ3) is 6.28. The molecule has 1 amide bonds. The molecule has 1 aromatic rings. The van der Waals surface area contributed by atoms with Gasteiger partial charge in [0.2, 0.25) is 5.91 Å². The maximum absolute atomic E-state index is 11.4. The van der Waals surface area contributed by atoms with Crippen LogP contribution < -0.4 is 5.32 Å². The number of aryl methyl sites for hydroxylation is 1. The van der Waals surface area contributed by atoms with Gasteiger partial charge in [-0.05, 0) is 37.1 Å². The number of amides is 1. The molecule has 1 rings (SSSR count). The zero-order chi connectivity index (χ0) is 11.6. The van der Waals surface area contributed by atoms with E-state index in [1.165, 1.54) is 4.88 Å². The van der Waals surface area contributed by atoms with Gasteiger partial charge >= 0.3 is 0 Å². The van der Waals surface area contributed by atoms with E-state index in [1.807, 2.05) is 0 Å². The molecule has 0 aliphatic carbocycles. The lowest BCUT2D eigenvalue weighted by Crippen LogP contribution is -2.24. The Balaban J connectivity index is 1.98. The summed E-state index contributed by atoms with van der Waals surface area (Å²) in [5.41, 5.74) is 0. The molecule has 0 unspecified atom stereocenters. The number of hydrogen-bond donors (Lipinski definition) is 1. The third-order valence-electron chi connectivity index (χ3n) is 2.29. The Morgan fingerprint density at radius 3 is 2.94 bits per heavy atom. The Morgan fingerprint density at radius 2 is 2.25 bits per heavy atom. The number of nitrogens with one attached hydrogen (secondary N) is 1. The lowest BCUT2D eigenvalue weighted by molar-refractivity contribution is -0.121. The summed E-state index contributed by atoms with van der Waals surface area (Å²) in [6.07, 6.45) is 4.79. The lowest BCUT2D eigenvalue weighted by Gasteiger charge is -2.03. The normalized spacial score (nSPS) is 10.3. The molecule has 0 saturated heterocycles. The average Bonchev–Trinajstić information content (AvgIpc) is 2.77. The van der Waals surface area contributed by atoms with E-state index in [0.717, 1.165) is 37.6 Å². The van der Waals surface area contributed by atoms with Crippen molar-refractivity contribution in [3.05, 3.63) is 22.4 Å². The van der Waals surface area contributed by atoms with Crippen LogP contribution in [0.1, 0.15) is 30.6 Å². The van der Waals surface area contributed by atoms with Gasteiger partial charge < -0.3 is 5.32 Å². The van der Waals surface area contributed by atoms with Crippen LogP contribution in [-0.4, -0.2) is 17.8 Å². The molecule has 0 bridgehead atoms. The molecule has 4 heteroatoms. The van der Waals surface area contributed by atoms with Crippen molar-refractivity contribution >= 4 is 33.2 Å². The van der Waals surface area contributed by atoms with Crippen LogP contribution in [0.25, 0.3) is 0 Å². The molecule has 0 aromatic carbocycles. The number of hydrogen-bond acceptors (Lipinski definition) is 2. The van der Waals surface area contributed by atoms with E-state index in [9.17, 15) is 4.79 Å². The summed E-state index contributed by atoms with van der Waals surface area (Å²) in [7, 11) is 0. The summed E-state index contributed by atoms with van der Waals surface area (Å²) >= 11 is 5.13.